The molecule has 2 N–H and O–H groups in total. The maximum absolute atomic E-state index is 13.0. The summed E-state index contributed by atoms with van der Waals surface area (Å²) in [5.41, 5.74) is 4.99. The van der Waals surface area contributed by atoms with Gasteiger partial charge in [0, 0.05) is 32.3 Å². The van der Waals surface area contributed by atoms with E-state index in [1.54, 1.807) is 173 Å². The van der Waals surface area contributed by atoms with Gasteiger partial charge in [0.05, 0.1) is 0 Å². The molecule has 10 nitrogen and oxygen atoms in total. The summed E-state index contributed by atoms with van der Waals surface area (Å²) in [6, 6.07) is 51.4. The number of ketones is 2. The van der Waals surface area contributed by atoms with Crippen molar-refractivity contribution in [3.63, 3.8) is 0 Å². The predicted octanol–water partition coefficient (Wildman–Crippen LogP) is 15.0. The number of phenolic OH excluding ortho intramolecular Hbond substituents is 2. The number of carbonyl (C=O) groups is 4. The SMILES string of the molecule is Cc1cc(/C=C/c2ccc(O)cc2)cc(OC(=O)C(C)(C)Oc2ccc(C(=O)c3ccc(Cl)cc3)cc2)c1.Cc1cc(O)cc(/C=C/c2ccc(OC(=O)C(C)(C)Oc3ccc(C(=O)c4ccc(Cl)cc4)cc3)cc2)c1. The third kappa shape index (κ3) is 15.7. The second-order valence-electron chi connectivity index (χ2n) is 18.7. The predicted molar refractivity (Wildman–Crippen MR) is 300 cm³/mol. The molecular weight excluding hydrogens is 1000 g/mol. The Morgan fingerprint density at radius 3 is 1.14 bits per heavy atom. The summed E-state index contributed by atoms with van der Waals surface area (Å²) in [4.78, 5) is 51.2. The highest BCUT2D eigenvalue weighted by Gasteiger charge is 2.34. The standard InChI is InChI=1S/2C32H27ClO5/c1-21-18-23(20-27(34)19-21)5-4-22-6-14-28(15-7-22)37-31(36)32(2,3)38-29-16-10-25(11-17-29)30(35)24-8-12-26(33)13-9-24;1-21-18-23(5-4-22-6-14-27(34)15-7-22)20-29(19-21)37-31(36)32(2,3)38-28-16-10-25(11-17-28)30(35)24-8-12-26(33)13-9-24/h2*4-20,34H,1-3H3/b2*5-4+. The lowest BCUT2D eigenvalue weighted by Crippen LogP contribution is -2.41. The van der Waals surface area contributed by atoms with Crippen molar-refractivity contribution in [1.82, 2.24) is 0 Å². The van der Waals surface area contributed by atoms with Crippen molar-refractivity contribution in [2.45, 2.75) is 52.7 Å². The van der Waals surface area contributed by atoms with Crippen LogP contribution in [0.5, 0.6) is 34.5 Å². The van der Waals surface area contributed by atoms with E-state index >= 15 is 0 Å². The van der Waals surface area contributed by atoms with Crippen LogP contribution < -0.4 is 18.9 Å². The van der Waals surface area contributed by atoms with Crippen LogP contribution in [0.4, 0.5) is 0 Å². The Hall–Kier alpha value is -8.70. The van der Waals surface area contributed by atoms with Gasteiger partial charge in [-0.2, -0.15) is 0 Å². The quantitative estimate of drug-likeness (QED) is 0.0415. The molecule has 0 spiro atoms. The fraction of sp³-hybridized carbons (Fsp3) is 0.125. The topological polar surface area (TPSA) is 146 Å². The Labute approximate surface area is 452 Å². The molecule has 12 heteroatoms. The van der Waals surface area contributed by atoms with Gasteiger partial charge in [-0.1, -0.05) is 83.9 Å². The number of rotatable bonds is 16. The summed E-state index contributed by atoms with van der Waals surface area (Å²) >= 11 is 11.8. The largest absolute Gasteiger partial charge is 0.508 e. The van der Waals surface area contributed by atoms with Crippen LogP contribution in [0.1, 0.15) is 92.9 Å². The van der Waals surface area contributed by atoms with E-state index in [0.717, 1.165) is 33.4 Å². The van der Waals surface area contributed by atoms with E-state index in [9.17, 15) is 29.4 Å². The van der Waals surface area contributed by atoms with Gasteiger partial charge >= 0.3 is 11.9 Å². The van der Waals surface area contributed by atoms with Crippen molar-refractivity contribution >= 4 is 71.0 Å². The Bertz CT molecular complexity index is 3380. The molecule has 384 valence electrons. The third-order valence-corrected chi connectivity index (χ3v) is 12.0. The average Bonchev–Trinajstić information content (AvgIpc) is 3.38. The maximum atomic E-state index is 13.0. The molecule has 0 aliphatic rings. The monoisotopic (exact) mass is 1050 g/mol. The zero-order chi connectivity index (χ0) is 54.6. The molecule has 0 heterocycles. The minimum atomic E-state index is -1.28. The first-order chi connectivity index (χ1) is 36.2. The molecule has 0 saturated heterocycles. The normalized spacial score (nSPS) is 11.4. The molecule has 0 aliphatic carbocycles. The highest BCUT2D eigenvalue weighted by atomic mass is 35.5. The Morgan fingerprint density at radius 1 is 0.382 bits per heavy atom. The van der Waals surface area contributed by atoms with Gasteiger partial charge in [-0.25, -0.2) is 9.59 Å². The third-order valence-electron chi connectivity index (χ3n) is 11.5. The minimum absolute atomic E-state index is 0.137. The molecule has 0 bridgehead atoms. The fourth-order valence-corrected chi connectivity index (χ4v) is 7.71. The molecular formula is C64H54Cl2O10. The Morgan fingerprint density at radius 2 is 0.724 bits per heavy atom. The maximum Gasteiger partial charge on any atom is 0.355 e. The molecule has 8 rings (SSSR count). The Kier molecular flexibility index (Phi) is 17.8. The van der Waals surface area contributed by atoms with E-state index in [-0.39, 0.29) is 23.1 Å². The molecule has 8 aromatic carbocycles. The molecule has 0 amide bonds. The van der Waals surface area contributed by atoms with Crippen molar-refractivity contribution < 1.29 is 48.3 Å². The van der Waals surface area contributed by atoms with Crippen LogP contribution in [0.2, 0.25) is 10.0 Å². The van der Waals surface area contributed by atoms with E-state index in [0.29, 0.717) is 55.3 Å². The fourth-order valence-electron chi connectivity index (χ4n) is 7.45. The summed E-state index contributed by atoms with van der Waals surface area (Å²) < 4.78 is 23.0. The second kappa shape index (κ2) is 24.6. The van der Waals surface area contributed by atoms with Crippen LogP contribution in [0.3, 0.4) is 0 Å². The van der Waals surface area contributed by atoms with Crippen LogP contribution in [0.15, 0.2) is 182 Å². The van der Waals surface area contributed by atoms with Crippen LogP contribution in [0.25, 0.3) is 24.3 Å². The zero-order valence-corrected chi connectivity index (χ0v) is 44.1. The van der Waals surface area contributed by atoms with Crippen molar-refractivity contribution in [2.75, 3.05) is 0 Å². The van der Waals surface area contributed by atoms with Gasteiger partial charge in [-0.05, 0) is 221 Å². The molecule has 76 heavy (non-hydrogen) atoms. The minimum Gasteiger partial charge on any atom is -0.508 e. The van der Waals surface area contributed by atoms with Crippen molar-refractivity contribution in [2.24, 2.45) is 0 Å². The first-order valence-corrected chi connectivity index (χ1v) is 24.7. The van der Waals surface area contributed by atoms with Crippen LogP contribution >= 0.6 is 23.2 Å². The number of hydrogen-bond donors (Lipinski definition) is 2. The van der Waals surface area contributed by atoms with Gasteiger partial charge in [0.25, 0.3) is 0 Å². The van der Waals surface area contributed by atoms with Gasteiger partial charge in [0.1, 0.15) is 34.5 Å². The second-order valence-corrected chi connectivity index (χ2v) is 19.6. The number of esters is 2. The summed E-state index contributed by atoms with van der Waals surface area (Å²) in [6.45, 7) is 10.3. The Balaban J connectivity index is 0.000000221. The highest BCUT2D eigenvalue weighted by Crippen LogP contribution is 2.27. The number of ether oxygens (including phenoxy) is 4. The summed E-state index contributed by atoms with van der Waals surface area (Å²) in [6.07, 6.45) is 7.63. The van der Waals surface area contributed by atoms with E-state index in [1.165, 1.54) is 0 Å². The number of carbonyl (C=O) groups excluding carboxylic acids is 4. The van der Waals surface area contributed by atoms with Crippen molar-refractivity contribution in [1.29, 1.82) is 0 Å². The van der Waals surface area contributed by atoms with Gasteiger partial charge in [0.2, 0.25) is 11.2 Å². The lowest BCUT2D eigenvalue weighted by atomic mass is 10.0. The van der Waals surface area contributed by atoms with E-state index < -0.39 is 23.1 Å². The number of benzene rings is 8. The summed E-state index contributed by atoms with van der Waals surface area (Å²) in [7, 11) is 0. The molecule has 0 radical (unpaired) electrons. The van der Waals surface area contributed by atoms with E-state index in [4.69, 9.17) is 42.1 Å². The number of hydrogen-bond acceptors (Lipinski definition) is 10. The first-order valence-electron chi connectivity index (χ1n) is 24.0. The van der Waals surface area contributed by atoms with Crippen LogP contribution in [0, 0.1) is 13.8 Å². The molecule has 0 saturated carbocycles. The first kappa shape index (κ1) is 55.1. The van der Waals surface area contributed by atoms with Gasteiger partial charge in [-0.15, -0.1) is 0 Å². The molecule has 8 aromatic rings. The lowest BCUT2D eigenvalue weighted by molar-refractivity contribution is -0.149. The van der Waals surface area contributed by atoms with Gasteiger partial charge in [0.15, 0.2) is 11.6 Å². The number of halogens is 2. The van der Waals surface area contributed by atoms with Crippen LogP contribution in [-0.4, -0.2) is 44.9 Å². The number of aryl methyl sites for hydroxylation is 2. The van der Waals surface area contributed by atoms with Gasteiger partial charge in [-0.3, -0.25) is 9.59 Å². The summed E-state index contributed by atoms with van der Waals surface area (Å²) in [5, 5.41) is 20.3. The number of aromatic hydroxyl groups is 2. The molecule has 0 unspecified atom stereocenters. The number of phenols is 2. The average molecular weight is 1050 g/mol. The van der Waals surface area contributed by atoms with Crippen LogP contribution in [-0.2, 0) is 9.59 Å². The van der Waals surface area contributed by atoms with Crippen molar-refractivity contribution in [3.8, 4) is 34.5 Å². The molecule has 0 atom stereocenters. The van der Waals surface area contributed by atoms with E-state index in [1.807, 2.05) is 74.5 Å². The molecule has 0 aromatic heterocycles. The van der Waals surface area contributed by atoms with Gasteiger partial charge < -0.3 is 29.2 Å². The lowest BCUT2D eigenvalue weighted by Gasteiger charge is -2.24. The van der Waals surface area contributed by atoms with E-state index in [2.05, 4.69) is 0 Å². The zero-order valence-electron chi connectivity index (χ0n) is 42.5. The van der Waals surface area contributed by atoms with Crippen molar-refractivity contribution in [3.05, 3.63) is 248 Å². The highest BCUT2D eigenvalue weighted by molar-refractivity contribution is 6.31. The molecule has 0 aliphatic heterocycles. The smallest absolute Gasteiger partial charge is 0.355 e. The summed E-state index contributed by atoms with van der Waals surface area (Å²) in [5.74, 6) is 0.697. The molecule has 0 fully saturated rings.